The van der Waals surface area contributed by atoms with Crippen molar-refractivity contribution in [2.75, 3.05) is 0 Å². The van der Waals surface area contributed by atoms with Gasteiger partial charge in [0.1, 0.15) is 0 Å². The Labute approximate surface area is 97.5 Å². The quantitative estimate of drug-likeness (QED) is 0.725. The number of nitrogens with zero attached hydrogens (tertiary/aromatic N) is 1. The Bertz CT molecular complexity index is 366. The van der Waals surface area contributed by atoms with E-state index in [0.717, 1.165) is 6.42 Å². The molecule has 0 radical (unpaired) electrons. The topological polar surface area (TPSA) is 12.9 Å². The van der Waals surface area contributed by atoms with Gasteiger partial charge in [-0.3, -0.25) is 4.98 Å². The first-order valence-corrected chi connectivity index (χ1v) is 5.42. The fourth-order valence-electron chi connectivity index (χ4n) is 1.19. The summed E-state index contributed by atoms with van der Waals surface area (Å²) in [5.74, 6) is 0. The molecule has 2 rings (SSSR count). The summed E-state index contributed by atoms with van der Waals surface area (Å²) in [4.78, 5) is 3.78. The predicted molar refractivity (Wildman–Crippen MR) is 70.0 cm³/mol. The molecule has 1 heteroatoms. The Hall–Kier alpha value is -1.89. The maximum absolute atomic E-state index is 3.94. The van der Waals surface area contributed by atoms with Gasteiger partial charge in [0, 0.05) is 12.4 Å². The van der Waals surface area contributed by atoms with Crippen LogP contribution in [-0.4, -0.2) is 4.98 Å². The maximum atomic E-state index is 3.94. The first-order chi connectivity index (χ1) is 7.84. The van der Waals surface area contributed by atoms with Crippen LogP contribution in [-0.2, 0) is 0 Å². The molecular weight excluding hydrogens is 194 g/mol. The number of aromatic nitrogens is 1. The van der Waals surface area contributed by atoms with Gasteiger partial charge in [-0.1, -0.05) is 49.9 Å². The smallest absolute Gasteiger partial charge is 0.0267 e. The molecule has 0 aliphatic heterocycles. The van der Waals surface area contributed by atoms with Gasteiger partial charge in [0.15, 0.2) is 0 Å². The van der Waals surface area contributed by atoms with Gasteiger partial charge in [0.25, 0.3) is 0 Å². The van der Waals surface area contributed by atoms with Gasteiger partial charge < -0.3 is 0 Å². The van der Waals surface area contributed by atoms with Crippen molar-refractivity contribution in [1.82, 2.24) is 4.98 Å². The van der Waals surface area contributed by atoms with Crippen LogP contribution < -0.4 is 0 Å². The van der Waals surface area contributed by atoms with E-state index in [1.807, 2.05) is 36.4 Å². The molecule has 0 amide bonds. The molecule has 0 spiro atoms. The van der Waals surface area contributed by atoms with E-state index in [-0.39, 0.29) is 0 Å². The van der Waals surface area contributed by atoms with Crippen LogP contribution in [0.5, 0.6) is 0 Å². The van der Waals surface area contributed by atoms with Crippen molar-refractivity contribution in [1.29, 1.82) is 0 Å². The molecule has 16 heavy (non-hydrogen) atoms. The zero-order chi connectivity index (χ0) is 11.6. The van der Waals surface area contributed by atoms with Gasteiger partial charge in [0.05, 0.1) is 0 Å². The second-order valence-electron chi connectivity index (χ2n) is 3.35. The molecule has 82 valence electrons. The fourth-order valence-corrected chi connectivity index (χ4v) is 1.19. The fraction of sp³-hybridized carbons (Fsp3) is 0.133. The maximum Gasteiger partial charge on any atom is 0.0267 e. The van der Waals surface area contributed by atoms with Crippen LogP contribution in [0.15, 0.2) is 67.5 Å². The summed E-state index contributed by atoms with van der Waals surface area (Å²) in [6, 6.07) is 16.0. The summed E-state index contributed by atoms with van der Waals surface area (Å²) in [6.07, 6.45) is 4.53. The minimum Gasteiger partial charge on any atom is -0.265 e. The van der Waals surface area contributed by atoms with Crippen molar-refractivity contribution in [3.63, 3.8) is 0 Å². The minimum atomic E-state index is 1.03. The summed E-state index contributed by atoms with van der Waals surface area (Å²) in [6.45, 7) is 6.06. The Morgan fingerprint density at radius 2 is 1.56 bits per heavy atom. The molecule has 0 unspecified atom stereocenters. The minimum absolute atomic E-state index is 1.03. The Balaban J connectivity index is 0.000000181. The highest BCUT2D eigenvalue weighted by atomic mass is 14.6. The number of pyridine rings is 1. The summed E-state index contributed by atoms with van der Waals surface area (Å²) in [7, 11) is 0. The molecule has 0 bridgehead atoms. The van der Waals surface area contributed by atoms with E-state index < -0.39 is 0 Å². The summed E-state index contributed by atoms with van der Waals surface area (Å²) >= 11 is 0. The van der Waals surface area contributed by atoms with Crippen LogP contribution in [0.1, 0.15) is 18.9 Å². The zero-order valence-corrected chi connectivity index (χ0v) is 9.63. The lowest BCUT2D eigenvalue weighted by molar-refractivity contribution is 1.24. The van der Waals surface area contributed by atoms with Gasteiger partial charge in [-0.2, -0.15) is 0 Å². The summed E-state index contributed by atoms with van der Waals surface area (Å²) in [5.41, 5.74) is 2.46. The molecule has 1 heterocycles. The second-order valence-corrected chi connectivity index (χ2v) is 3.35. The zero-order valence-electron chi connectivity index (χ0n) is 9.63. The standard InChI is InChI=1S/C10H12.C5H5N/c1-3-9(2)10-7-5-4-6-8-10;1-2-4-6-5-3-1/h4-8H,2-3H2,1H3;1-5H. The average Bonchev–Trinajstić information content (AvgIpc) is 2.41. The van der Waals surface area contributed by atoms with Crippen molar-refractivity contribution in [2.24, 2.45) is 0 Å². The van der Waals surface area contributed by atoms with E-state index in [4.69, 9.17) is 0 Å². The van der Waals surface area contributed by atoms with E-state index in [9.17, 15) is 0 Å². The van der Waals surface area contributed by atoms with E-state index >= 15 is 0 Å². The first-order valence-electron chi connectivity index (χ1n) is 5.42. The van der Waals surface area contributed by atoms with Crippen LogP contribution in [0.4, 0.5) is 0 Å². The number of benzene rings is 1. The lowest BCUT2D eigenvalue weighted by Gasteiger charge is -1.99. The van der Waals surface area contributed by atoms with Crippen LogP contribution in [0, 0.1) is 0 Å². The van der Waals surface area contributed by atoms with E-state index in [0.29, 0.717) is 0 Å². The largest absolute Gasteiger partial charge is 0.265 e. The number of allylic oxidation sites excluding steroid dienone is 1. The highest BCUT2D eigenvalue weighted by molar-refractivity contribution is 5.62. The third-order valence-electron chi connectivity index (χ3n) is 2.18. The SMILES string of the molecule is C=C(CC)c1ccccc1.c1ccncc1. The normalized spacial score (nSPS) is 8.81. The molecular formula is C15H17N. The van der Waals surface area contributed by atoms with Crippen molar-refractivity contribution >= 4 is 5.57 Å². The summed E-state index contributed by atoms with van der Waals surface area (Å²) in [5, 5.41) is 0. The van der Waals surface area contributed by atoms with Crippen molar-refractivity contribution < 1.29 is 0 Å². The molecule has 0 atom stereocenters. The molecule has 0 saturated heterocycles. The molecule has 0 saturated carbocycles. The van der Waals surface area contributed by atoms with Gasteiger partial charge in [-0.25, -0.2) is 0 Å². The Kier molecular flexibility index (Phi) is 5.64. The van der Waals surface area contributed by atoms with Gasteiger partial charge in [-0.15, -0.1) is 0 Å². The molecule has 1 nitrogen and oxygen atoms in total. The van der Waals surface area contributed by atoms with Gasteiger partial charge in [0.2, 0.25) is 0 Å². The lowest BCUT2D eigenvalue weighted by Crippen LogP contribution is -1.77. The monoisotopic (exact) mass is 211 g/mol. The predicted octanol–water partition coefficient (Wildman–Crippen LogP) is 4.19. The van der Waals surface area contributed by atoms with Crippen LogP contribution in [0.2, 0.25) is 0 Å². The molecule has 0 N–H and O–H groups in total. The Morgan fingerprint density at radius 3 is 1.94 bits per heavy atom. The molecule has 1 aromatic heterocycles. The highest BCUT2D eigenvalue weighted by Crippen LogP contribution is 2.13. The molecule has 1 aromatic carbocycles. The third kappa shape index (κ3) is 4.56. The number of hydrogen-bond acceptors (Lipinski definition) is 1. The number of hydrogen-bond donors (Lipinski definition) is 0. The van der Waals surface area contributed by atoms with E-state index in [1.54, 1.807) is 12.4 Å². The first kappa shape index (κ1) is 12.2. The second kappa shape index (κ2) is 7.41. The Morgan fingerprint density at radius 1 is 1.00 bits per heavy atom. The summed E-state index contributed by atoms with van der Waals surface area (Å²) < 4.78 is 0. The van der Waals surface area contributed by atoms with Crippen LogP contribution in [0.3, 0.4) is 0 Å². The molecule has 2 aromatic rings. The molecule has 0 aliphatic carbocycles. The van der Waals surface area contributed by atoms with Gasteiger partial charge >= 0.3 is 0 Å². The third-order valence-corrected chi connectivity index (χ3v) is 2.18. The van der Waals surface area contributed by atoms with Crippen molar-refractivity contribution in [3.05, 3.63) is 73.1 Å². The molecule has 0 aliphatic rings. The van der Waals surface area contributed by atoms with Crippen LogP contribution >= 0.6 is 0 Å². The van der Waals surface area contributed by atoms with E-state index in [2.05, 4.69) is 30.6 Å². The molecule has 0 fully saturated rings. The average molecular weight is 211 g/mol. The van der Waals surface area contributed by atoms with E-state index in [1.165, 1.54) is 11.1 Å². The van der Waals surface area contributed by atoms with Crippen LogP contribution in [0.25, 0.3) is 5.57 Å². The van der Waals surface area contributed by atoms with Gasteiger partial charge in [-0.05, 0) is 29.7 Å². The number of rotatable bonds is 2. The van der Waals surface area contributed by atoms with Crippen molar-refractivity contribution in [2.45, 2.75) is 13.3 Å². The van der Waals surface area contributed by atoms with Crippen molar-refractivity contribution in [3.8, 4) is 0 Å². The highest BCUT2D eigenvalue weighted by Gasteiger charge is 1.91. The lowest BCUT2D eigenvalue weighted by atomic mass is 10.1.